The summed E-state index contributed by atoms with van der Waals surface area (Å²) < 4.78 is 0. The Morgan fingerprint density at radius 3 is 2.86 bits per heavy atom. The van der Waals surface area contributed by atoms with Gasteiger partial charge in [-0.15, -0.1) is 0 Å². The molecule has 0 atom stereocenters. The predicted molar refractivity (Wildman–Crippen MR) is 88.4 cm³/mol. The number of aliphatic hydroxyl groups excluding tert-OH is 1. The number of hydrogen-bond donors (Lipinski definition) is 2. The van der Waals surface area contributed by atoms with Crippen molar-refractivity contribution >= 4 is 23.4 Å². The van der Waals surface area contributed by atoms with E-state index in [9.17, 15) is 4.79 Å². The van der Waals surface area contributed by atoms with Gasteiger partial charge in [0.25, 0.3) is 0 Å². The molecule has 1 heterocycles. The van der Waals surface area contributed by atoms with Gasteiger partial charge in [-0.2, -0.15) is 11.8 Å². The molecular weight excluding hydrogens is 282 g/mol. The summed E-state index contributed by atoms with van der Waals surface area (Å²) in [5.41, 5.74) is 2.64. The van der Waals surface area contributed by atoms with Crippen LogP contribution in [0.1, 0.15) is 30.4 Å². The maximum atomic E-state index is 12.1. The standard InChI is InChI=1S/C17H21NO2S/c1-13-9-15(3-2-6-19)11-16(10-13)18-17(20)12-14-4-7-21-8-5-14/h9-11,14,19H,4-8,12H2,1H3,(H,18,20). The number of carbonyl (C=O) groups excluding carboxylic acids is 1. The molecule has 1 aliphatic heterocycles. The van der Waals surface area contributed by atoms with E-state index in [1.807, 2.05) is 36.9 Å². The van der Waals surface area contributed by atoms with Crippen molar-refractivity contribution in [2.24, 2.45) is 5.92 Å². The fourth-order valence-electron chi connectivity index (χ4n) is 2.49. The molecule has 2 rings (SSSR count). The summed E-state index contributed by atoms with van der Waals surface area (Å²) in [6.07, 6.45) is 2.88. The van der Waals surface area contributed by atoms with Crippen LogP contribution in [0.25, 0.3) is 0 Å². The molecule has 0 aliphatic carbocycles. The first kappa shape index (κ1) is 15.9. The van der Waals surface area contributed by atoms with E-state index in [1.165, 1.54) is 11.5 Å². The van der Waals surface area contributed by atoms with Gasteiger partial charge >= 0.3 is 0 Å². The number of anilines is 1. The lowest BCUT2D eigenvalue weighted by Gasteiger charge is -2.20. The van der Waals surface area contributed by atoms with E-state index >= 15 is 0 Å². The van der Waals surface area contributed by atoms with Crippen LogP contribution in [-0.2, 0) is 4.79 Å². The Hall–Kier alpha value is -1.44. The van der Waals surface area contributed by atoms with E-state index in [0.29, 0.717) is 12.3 Å². The smallest absolute Gasteiger partial charge is 0.224 e. The average Bonchev–Trinajstić information content (AvgIpc) is 2.45. The van der Waals surface area contributed by atoms with E-state index in [4.69, 9.17) is 5.11 Å². The van der Waals surface area contributed by atoms with Gasteiger partial charge in [0.05, 0.1) is 0 Å². The summed E-state index contributed by atoms with van der Waals surface area (Å²) >= 11 is 1.97. The molecule has 0 saturated carbocycles. The highest BCUT2D eigenvalue weighted by Crippen LogP contribution is 2.25. The molecule has 3 nitrogen and oxygen atoms in total. The summed E-state index contributed by atoms with van der Waals surface area (Å²) in [6, 6.07) is 5.74. The second-order valence-electron chi connectivity index (χ2n) is 5.36. The van der Waals surface area contributed by atoms with Crippen LogP contribution in [-0.4, -0.2) is 29.1 Å². The van der Waals surface area contributed by atoms with Crippen LogP contribution < -0.4 is 5.32 Å². The fraction of sp³-hybridized carbons (Fsp3) is 0.471. The number of amides is 1. The first-order chi connectivity index (χ1) is 10.2. The van der Waals surface area contributed by atoms with Gasteiger partial charge in [-0.3, -0.25) is 4.79 Å². The predicted octanol–water partition coefficient (Wildman–Crippen LogP) is 2.81. The van der Waals surface area contributed by atoms with Gasteiger partial charge in [0.1, 0.15) is 6.61 Å². The Morgan fingerprint density at radius 2 is 2.14 bits per heavy atom. The molecule has 21 heavy (non-hydrogen) atoms. The minimum Gasteiger partial charge on any atom is -0.384 e. The topological polar surface area (TPSA) is 49.3 Å². The third-order valence-electron chi connectivity index (χ3n) is 3.49. The number of hydrogen-bond acceptors (Lipinski definition) is 3. The van der Waals surface area contributed by atoms with Crippen LogP contribution in [0.3, 0.4) is 0 Å². The Bertz CT molecular complexity index is 554. The summed E-state index contributed by atoms with van der Waals surface area (Å²) in [6.45, 7) is 1.81. The van der Waals surface area contributed by atoms with Gasteiger partial charge < -0.3 is 10.4 Å². The van der Waals surface area contributed by atoms with Crippen LogP contribution in [0.2, 0.25) is 0 Å². The lowest BCUT2D eigenvalue weighted by Crippen LogP contribution is -2.19. The molecule has 0 radical (unpaired) electrons. The van der Waals surface area contributed by atoms with Gasteiger partial charge in [0.2, 0.25) is 5.91 Å². The van der Waals surface area contributed by atoms with Gasteiger partial charge in [-0.1, -0.05) is 11.8 Å². The van der Waals surface area contributed by atoms with Gasteiger partial charge in [0.15, 0.2) is 0 Å². The molecule has 1 fully saturated rings. The highest BCUT2D eigenvalue weighted by Gasteiger charge is 2.17. The molecular formula is C17H21NO2S. The second kappa shape index (κ2) is 8.11. The lowest BCUT2D eigenvalue weighted by molar-refractivity contribution is -0.117. The average molecular weight is 303 g/mol. The van der Waals surface area contributed by atoms with Crippen molar-refractivity contribution in [3.05, 3.63) is 29.3 Å². The Balaban J connectivity index is 1.97. The van der Waals surface area contributed by atoms with Crippen LogP contribution in [0.15, 0.2) is 18.2 Å². The zero-order chi connectivity index (χ0) is 15.1. The van der Waals surface area contributed by atoms with Crippen molar-refractivity contribution < 1.29 is 9.90 Å². The van der Waals surface area contributed by atoms with E-state index < -0.39 is 0 Å². The summed E-state index contributed by atoms with van der Waals surface area (Å²) in [4.78, 5) is 12.1. The second-order valence-corrected chi connectivity index (χ2v) is 6.58. The molecule has 1 aromatic rings. The number of nitrogens with one attached hydrogen (secondary N) is 1. The SMILES string of the molecule is Cc1cc(C#CCO)cc(NC(=O)CC2CCSCC2)c1. The number of thioether (sulfide) groups is 1. The van der Waals surface area contributed by atoms with Gasteiger partial charge in [-0.05, 0) is 61.0 Å². The fourth-order valence-corrected chi connectivity index (χ4v) is 3.70. The summed E-state index contributed by atoms with van der Waals surface area (Å²) in [5.74, 6) is 8.44. The third-order valence-corrected chi connectivity index (χ3v) is 4.54. The monoisotopic (exact) mass is 303 g/mol. The quantitative estimate of drug-likeness (QED) is 0.844. The van der Waals surface area contributed by atoms with Crippen molar-refractivity contribution in [1.29, 1.82) is 0 Å². The van der Waals surface area contributed by atoms with E-state index in [1.54, 1.807) is 0 Å². The maximum absolute atomic E-state index is 12.1. The van der Waals surface area contributed by atoms with Crippen molar-refractivity contribution in [3.63, 3.8) is 0 Å². The first-order valence-electron chi connectivity index (χ1n) is 7.26. The Morgan fingerprint density at radius 1 is 1.38 bits per heavy atom. The molecule has 0 aromatic heterocycles. The minimum atomic E-state index is -0.157. The lowest BCUT2D eigenvalue weighted by atomic mass is 9.98. The van der Waals surface area contributed by atoms with Crippen molar-refractivity contribution in [2.75, 3.05) is 23.4 Å². The van der Waals surface area contributed by atoms with E-state index in [-0.39, 0.29) is 12.5 Å². The van der Waals surface area contributed by atoms with Crippen molar-refractivity contribution in [1.82, 2.24) is 0 Å². The molecule has 2 N–H and O–H groups in total. The number of carbonyl (C=O) groups is 1. The van der Waals surface area contributed by atoms with E-state index in [0.717, 1.165) is 29.7 Å². The van der Waals surface area contributed by atoms with Gasteiger partial charge in [-0.25, -0.2) is 0 Å². The number of rotatable bonds is 3. The first-order valence-corrected chi connectivity index (χ1v) is 8.42. The van der Waals surface area contributed by atoms with Crippen LogP contribution >= 0.6 is 11.8 Å². The summed E-state index contributed by atoms with van der Waals surface area (Å²) in [5, 5.41) is 11.7. The number of aryl methyl sites for hydroxylation is 1. The Labute approximate surface area is 130 Å². The molecule has 1 saturated heterocycles. The Kier molecular flexibility index (Phi) is 6.16. The maximum Gasteiger partial charge on any atom is 0.224 e. The van der Waals surface area contributed by atoms with Crippen molar-refractivity contribution in [3.8, 4) is 11.8 Å². The molecule has 0 spiro atoms. The minimum absolute atomic E-state index is 0.0820. The molecule has 1 aliphatic rings. The highest BCUT2D eigenvalue weighted by molar-refractivity contribution is 7.99. The highest BCUT2D eigenvalue weighted by atomic mass is 32.2. The zero-order valence-electron chi connectivity index (χ0n) is 12.3. The molecule has 4 heteroatoms. The third kappa shape index (κ3) is 5.45. The largest absolute Gasteiger partial charge is 0.384 e. The van der Waals surface area contributed by atoms with Crippen LogP contribution in [0.4, 0.5) is 5.69 Å². The van der Waals surface area contributed by atoms with E-state index in [2.05, 4.69) is 17.2 Å². The van der Waals surface area contributed by atoms with Crippen molar-refractivity contribution in [2.45, 2.75) is 26.2 Å². The van der Waals surface area contributed by atoms with Gasteiger partial charge in [0, 0.05) is 17.7 Å². The summed E-state index contributed by atoms with van der Waals surface area (Å²) in [7, 11) is 0. The normalized spacial score (nSPS) is 15.1. The molecule has 0 unspecified atom stereocenters. The zero-order valence-corrected chi connectivity index (χ0v) is 13.1. The molecule has 1 amide bonds. The molecule has 0 bridgehead atoms. The number of aliphatic hydroxyl groups is 1. The molecule has 112 valence electrons. The van der Waals surface area contributed by atoms with Crippen LogP contribution in [0.5, 0.6) is 0 Å². The molecule has 1 aromatic carbocycles. The number of benzene rings is 1. The van der Waals surface area contributed by atoms with Crippen LogP contribution in [0, 0.1) is 24.7 Å².